The van der Waals surface area contributed by atoms with Crippen LogP contribution in [-0.4, -0.2) is 17.6 Å². The molecule has 2 aromatic carbocycles. The van der Waals surface area contributed by atoms with E-state index in [2.05, 4.69) is 11.1 Å². The van der Waals surface area contributed by atoms with E-state index in [-0.39, 0.29) is 5.97 Å². The minimum Gasteiger partial charge on any atom is -0.462 e. The van der Waals surface area contributed by atoms with Gasteiger partial charge in [-0.25, -0.2) is 4.79 Å². The van der Waals surface area contributed by atoms with Crippen molar-refractivity contribution in [1.82, 2.24) is 4.98 Å². The van der Waals surface area contributed by atoms with Crippen molar-refractivity contribution in [3.05, 3.63) is 46.5 Å². The number of rotatable bonds is 2. The number of nitrogens with one attached hydrogen (secondary N) is 1. The first kappa shape index (κ1) is 13.8. The quantitative estimate of drug-likeness (QED) is 0.731. The van der Waals surface area contributed by atoms with Gasteiger partial charge >= 0.3 is 5.97 Å². The van der Waals surface area contributed by atoms with Crippen molar-refractivity contribution in [3.8, 4) is 6.07 Å². The molecular weight excluding hydrogens is 288 g/mol. The number of hydrogen-bond acceptors (Lipinski definition) is 3. The number of ether oxygens (including phenoxy) is 1. The maximum atomic E-state index is 12.5. The Morgan fingerprint density at radius 1 is 1.30 bits per heavy atom. The molecule has 3 aromatic rings. The average molecular weight is 304 g/mol. The number of hydrogen-bond donors (Lipinski definition) is 1. The molecule has 114 valence electrons. The molecule has 0 saturated heterocycles. The molecule has 4 heteroatoms. The number of para-hydroxylation sites is 1. The monoisotopic (exact) mass is 304 g/mol. The van der Waals surface area contributed by atoms with Crippen LogP contribution in [0, 0.1) is 11.3 Å². The molecule has 0 spiro atoms. The normalized spacial score (nSPS) is 13.2. The topological polar surface area (TPSA) is 65.9 Å². The van der Waals surface area contributed by atoms with Crippen LogP contribution in [0.25, 0.3) is 21.8 Å². The summed E-state index contributed by atoms with van der Waals surface area (Å²) in [7, 11) is 0. The van der Waals surface area contributed by atoms with Crippen molar-refractivity contribution in [3.63, 3.8) is 0 Å². The predicted octanol–water partition coefficient (Wildman–Crippen LogP) is 3.86. The van der Waals surface area contributed by atoms with E-state index < -0.39 is 0 Å². The van der Waals surface area contributed by atoms with Gasteiger partial charge in [0, 0.05) is 16.3 Å². The number of carbonyl (C=O) groups is 1. The molecular formula is C19H16N2O2. The maximum absolute atomic E-state index is 12.5. The molecule has 0 radical (unpaired) electrons. The summed E-state index contributed by atoms with van der Waals surface area (Å²) in [5.74, 6) is -0.380. The van der Waals surface area contributed by atoms with Crippen molar-refractivity contribution in [2.24, 2.45) is 0 Å². The third kappa shape index (κ3) is 1.86. The summed E-state index contributed by atoms with van der Waals surface area (Å²) in [6, 6.07) is 10.2. The second kappa shape index (κ2) is 5.13. The Morgan fingerprint density at radius 2 is 2.09 bits per heavy atom. The van der Waals surface area contributed by atoms with Crippen LogP contribution in [-0.2, 0) is 17.6 Å². The summed E-state index contributed by atoms with van der Waals surface area (Å²) >= 11 is 0. The molecule has 0 atom stereocenters. The Labute approximate surface area is 133 Å². The lowest BCUT2D eigenvalue weighted by atomic mass is 9.93. The van der Waals surface area contributed by atoms with Gasteiger partial charge in [0.2, 0.25) is 0 Å². The molecule has 0 amide bonds. The zero-order valence-electron chi connectivity index (χ0n) is 12.9. The van der Waals surface area contributed by atoms with Crippen LogP contribution < -0.4 is 0 Å². The first-order chi connectivity index (χ1) is 11.3. The average Bonchev–Trinajstić information content (AvgIpc) is 3.17. The van der Waals surface area contributed by atoms with E-state index in [9.17, 15) is 10.1 Å². The molecule has 4 rings (SSSR count). The smallest absolute Gasteiger partial charge is 0.339 e. The number of aryl methyl sites for hydroxylation is 1. The highest BCUT2D eigenvalue weighted by atomic mass is 16.5. The van der Waals surface area contributed by atoms with Crippen LogP contribution in [0.1, 0.15) is 40.4 Å². The van der Waals surface area contributed by atoms with Gasteiger partial charge < -0.3 is 9.72 Å². The first-order valence-electron chi connectivity index (χ1n) is 7.91. The Morgan fingerprint density at radius 3 is 2.87 bits per heavy atom. The third-order valence-electron chi connectivity index (χ3n) is 4.62. The van der Waals surface area contributed by atoms with Crippen LogP contribution in [0.15, 0.2) is 24.3 Å². The Hall–Kier alpha value is -2.80. The predicted molar refractivity (Wildman–Crippen MR) is 88.5 cm³/mol. The number of aromatic amines is 1. The molecule has 0 aliphatic heterocycles. The van der Waals surface area contributed by atoms with Gasteiger partial charge in [0.15, 0.2) is 0 Å². The van der Waals surface area contributed by atoms with Gasteiger partial charge in [-0.1, -0.05) is 18.2 Å². The van der Waals surface area contributed by atoms with Gasteiger partial charge in [-0.05, 0) is 43.4 Å². The molecule has 1 aromatic heterocycles. The fourth-order valence-corrected chi connectivity index (χ4v) is 3.74. The maximum Gasteiger partial charge on any atom is 0.339 e. The fourth-order valence-electron chi connectivity index (χ4n) is 3.74. The van der Waals surface area contributed by atoms with Crippen LogP contribution in [0.2, 0.25) is 0 Å². The molecule has 1 aliphatic rings. The van der Waals surface area contributed by atoms with Crippen molar-refractivity contribution in [1.29, 1.82) is 5.26 Å². The summed E-state index contributed by atoms with van der Waals surface area (Å²) in [4.78, 5) is 16.0. The highest BCUT2D eigenvalue weighted by molar-refractivity contribution is 6.15. The second-order valence-electron chi connectivity index (χ2n) is 5.81. The minimum atomic E-state index is -0.380. The van der Waals surface area contributed by atoms with Gasteiger partial charge in [-0.2, -0.15) is 5.26 Å². The fraction of sp³-hybridized carbons (Fsp3) is 0.263. The highest BCUT2D eigenvalue weighted by Crippen LogP contribution is 2.39. The van der Waals surface area contributed by atoms with Crippen LogP contribution in [0.4, 0.5) is 0 Å². The first-order valence-corrected chi connectivity index (χ1v) is 7.91. The molecule has 0 fully saturated rings. The van der Waals surface area contributed by atoms with Crippen molar-refractivity contribution in [2.75, 3.05) is 6.61 Å². The number of aromatic nitrogens is 1. The zero-order valence-corrected chi connectivity index (χ0v) is 12.9. The van der Waals surface area contributed by atoms with E-state index in [0.717, 1.165) is 46.6 Å². The van der Waals surface area contributed by atoms with Crippen LogP contribution in [0.5, 0.6) is 0 Å². The summed E-state index contributed by atoms with van der Waals surface area (Å²) in [6.45, 7) is 2.10. The lowest BCUT2D eigenvalue weighted by Gasteiger charge is -2.12. The molecule has 4 nitrogen and oxygen atoms in total. The lowest BCUT2D eigenvalue weighted by Crippen LogP contribution is -2.11. The second-order valence-corrected chi connectivity index (χ2v) is 5.81. The van der Waals surface area contributed by atoms with Gasteiger partial charge in [-0.3, -0.25) is 0 Å². The molecule has 1 aliphatic carbocycles. The van der Waals surface area contributed by atoms with E-state index in [1.54, 1.807) is 6.92 Å². The van der Waals surface area contributed by atoms with E-state index in [4.69, 9.17) is 4.74 Å². The number of nitrogens with zero attached hydrogens (tertiary/aromatic N) is 1. The van der Waals surface area contributed by atoms with Crippen molar-refractivity contribution in [2.45, 2.75) is 26.2 Å². The number of H-pyrrole nitrogens is 1. The Bertz CT molecular complexity index is 992. The van der Waals surface area contributed by atoms with E-state index in [0.29, 0.717) is 17.7 Å². The number of esters is 1. The number of nitriles is 1. The molecule has 0 saturated carbocycles. The minimum absolute atomic E-state index is 0.310. The number of benzene rings is 2. The summed E-state index contributed by atoms with van der Waals surface area (Å²) in [6.07, 6.45) is 2.75. The number of fused-ring (bicyclic) bond motifs is 5. The summed E-state index contributed by atoms with van der Waals surface area (Å²) < 4.78 is 5.23. The van der Waals surface area contributed by atoms with Gasteiger partial charge in [0.05, 0.1) is 23.3 Å². The van der Waals surface area contributed by atoms with Crippen molar-refractivity contribution >= 4 is 27.8 Å². The lowest BCUT2D eigenvalue weighted by molar-refractivity contribution is 0.0525. The largest absolute Gasteiger partial charge is 0.462 e. The standard InChI is InChI=1S/C19H16N2O2/c1-2-23-19(22)17-11-7-5-8-12(11)18-16(14(17)10-20)13-6-3-4-9-15(13)21-18/h3-4,6,9,21H,2,5,7-8H2,1H3. The highest BCUT2D eigenvalue weighted by Gasteiger charge is 2.29. The molecule has 23 heavy (non-hydrogen) atoms. The summed E-state index contributed by atoms with van der Waals surface area (Å²) in [5.41, 5.74) is 5.06. The number of carbonyl (C=O) groups excluding carboxylic acids is 1. The Kier molecular flexibility index (Phi) is 3.09. The molecule has 0 unspecified atom stereocenters. The van der Waals surface area contributed by atoms with Gasteiger partial charge in [0.1, 0.15) is 6.07 Å². The molecule has 1 N–H and O–H groups in total. The molecule has 1 heterocycles. The van der Waals surface area contributed by atoms with Gasteiger partial charge in [-0.15, -0.1) is 0 Å². The van der Waals surface area contributed by atoms with Gasteiger partial charge in [0.25, 0.3) is 0 Å². The van der Waals surface area contributed by atoms with E-state index >= 15 is 0 Å². The van der Waals surface area contributed by atoms with Crippen LogP contribution in [0.3, 0.4) is 0 Å². The van der Waals surface area contributed by atoms with Crippen molar-refractivity contribution < 1.29 is 9.53 Å². The van der Waals surface area contributed by atoms with E-state index in [1.165, 1.54) is 5.56 Å². The zero-order chi connectivity index (χ0) is 16.0. The molecule has 0 bridgehead atoms. The third-order valence-corrected chi connectivity index (χ3v) is 4.62. The van der Waals surface area contributed by atoms with E-state index in [1.807, 2.05) is 24.3 Å². The summed E-state index contributed by atoms with van der Waals surface area (Å²) in [5, 5.41) is 11.6. The Balaban J connectivity index is 2.19. The van der Waals surface area contributed by atoms with Crippen LogP contribution >= 0.6 is 0 Å². The SMILES string of the molecule is CCOC(=O)c1c2c(c3[nH]c4ccccc4c3c1C#N)CCC2.